The molecule has 32 heavy (non-hydrogen) atoms. The fourth-order valence-electron chi connectivity index (χ4n) is 8.98. The zero-order chi connectivity index (χ0) is 23.1. The van der Waals surface area contributed by atoms with Gasteiger partial charge in [0.05, 0.1) is 6.10 Å². The monoisotopic (exact) mass is 444 g/mol. The Bertz CT molecular complexity index is 711. The number of ether oxygens (including phenoxy) is 1. The third kappa shape index (κ3) is 4.44. The number of carbonyl (C=O) groups is 1. The Hall–Kier alpha value is -0.830. The second-order valence-electron chi connectivity index (χ2n) is 12.9. The normalized spacial score (nSPS) is 42.1. The van der Waals surface area contributed by atoms with Crippen LogP contribution in [-0.4, -0.2) is 23.8 Å². The molecule has 4 aliphatic carbocycles. The maximum atomic E-state index is 10.9. The summed E-state index contributed by atoms with van der Waals surface area (Å²) < 4.78 is 5.71. The van der Waals surface area contributed by atoms with E-state index < -0.39 is 5.97 Å². The SMILES string of the molecule is CC(C)CCC[C@@H](C)[C@H]1CC[C@H]2[C@@H]3CC=C4C[C@@H](OCC(=O)O)CC[C@]4(C)[C@H]3CC[C@]12C. The summed E-state index contributed by atoms with van der Waals surface area (Å²) in [5.74, 6) is 4.33. The fourth-order valence-corrected chi connectivity index (χ4v) is 8.98. The van der Waals surface area contributed by atoms with Crippen molar-refractivity contribution in [3.8, 4) is 0 Å². The molecule has 0 aromatic carbocycles. The van der Waals surface area contributed by atoms with E-state index in [0.717, 1.165) is 48.3 Å². The van der Waals surface area contributed by atoms with E-state index in [2.05, 4.69) is 40.7 Å². The van der Waals surface area contributed by atoms with Crippen LogP contribution in [0.25, 0.3) is 0 Å². The molecule has 3 heteroatoms. The van der Waals surface area contributed by atoms with Crippen molar-refractivity contribution in [1.29, 1.82) is 0 Å². The first-order chi connectivity index (χ1) is 15.1. The summed E-state index contributed by atoms with van der Waals surface area (Å²) in [4.78, 5) is 10.9. The van der Waals surface area contributed by atoms with Gasteiger partial charge in [-0.2, -0.15) is 0 Å². The molecule has 8 atom stereocenters. The van der Waals surface area contributed by atoms with E-state index in [-0.39, 0.29) is 12.7 Å². The van der Waals surface area contributed by atoms with Crippen LogP contribution in [0.15, 0.2) is 11.6 Å². The van der Waals surface area contributed by atoms with E-state index in [1.54, 1.807) is 5.57 Å². The van der Waals surface area contributed by atoms with Crippen molar-refractivity contribution < 1.29 is 14.6 Å². The van der Waals surface area contributed by atoms with Crippen molar-refractivity contribution in [3.63, 3.8) is 0 Å². The molecule has 4 aliphatic rings. The average molecular weight is 445 g/mol. The van der Waals surface area contributed by atoms with E-state index in [1.807, 2.05) is 0 Å². The average Bonchev–Trinajstić information content (AvgIpc) is 3.09. The highest BCUT2D eigenvalue weighted by Crippen LogP contribution is 2.67. The molecule has 0 unspecified atom stereocenters. The molecule has 4 rings (SSSR count). The largest absolute Gasteiger partial charge is 0.480 e. The Balaban J connectivity index is 1.44. The van der Waals surface area contributed by atoms with Gasteiger partial charge in [0.15, 0.2) is 0 Å². The molecule has 0 spiro atoms. The van der Waals surface area contributed by atoms with Gasteiger partial charge in [-0.05, 0) is 97.7 Å². The summed E-state index contributed by atoms with van der Waals surface area (Å²) in [5.41, 5.74) is 2.44. The lowest BCUT2D eigenvalue weighted by Crippen LogP contribution is -2.51. The summed E-state index contributed by atoms with van der Waals surface area (Å²) in [6.45, 7) is 12.3. The maximum absolute atomic E-state index is 10.9. The molecule has 0 radical (unpaired) electrons. The minimum atomic E-state index is -0.850. The second-order valence-corrected chi connectivity index (χ2v) is 12.9. The molecule has 182 valence electrons. The van der Waals surface area contributed by atoms with Crippen LogP contribution in [-0.2, 0) is 9.53 Å². The number of aliphatic carboxylic acids is 1. The molecular formula is C29H48O3. The van der Waals surface area contributed by atoms with Gasteiger partial charge in [0.1, 0.15) is 6.61 Å². The van der Waals surface area contributed by atoms with E-state index in [0.29, 0.717) is 10.8 Å². The van der Waals surface area contributed by atoms with Gasteiger partial charge >= 0.3 is 5.97 Å². The lowest BCUT2D eigenvalue weighted by atomic mass is 9.47. The van der Waals surface area contributed by atoms with Crippen molar-refractivity contribution in [1.82, 2.24) is 0 Å². The van der Waals surface area contributed by atoms with Gasteiger partial charge in [0.25, 0.3) is 0 Å². The van der Waals surface area contributed by atoms with E-state index in [1.165, 1.54) is 57.8 Å². The number of carboxylic acid groups (broad SMARTS) is 1. The summed E-state index contributed by atoms with van der Waals surface area (Å²) in [6.07, 6.45) is 16.9. The van der Waals surface area contributed by atoms with Gasteiger partial charge in [0, 0.05) is 0 Å². The van der Waals surface area contributed by atoms with Crippen LogP contribution in [0.4, 0.5) is 0 Å². The third-order valence-corrected chi connectivity index (χ3v) is 10.7. The summed E-state index contributed by atoms with van der Waals surface area (Å²) >= 11 is 0. The zero-order valence-corrected chi connectivity index (χ0v) is 21.4. The van der Waals surface area contributed by atoms with Crippen molar-refractivity contribution >= 4 is 5.97 Å². The Morgan fingerprint density at radius 2 is 1.88 bits per heavy atom. The fraction of sp³-hybridized carbons (Fsp3) is 0.897. The second kappa shape index (κ2) is 9.43. The van der Waals surface area contributed by atoms with E-state index in [9.17, 15) is 4.79 Å². The van der Waals surface area contributed by atoms with Crippen LogP contribution in [0.3, 0.4) is 0 Å². The van der Waals surface area contributed by atoms with Gasteiger partial charge in [-0.3, -0.25) is 0 Å². The first-order valence-corrected chi connectivity index (χ1v) is 13.7. The van der Waals surface area contributed by atoms with Crippen LogP contribution >= 0.6 is 0 Å². The predicted octanol–water partition coefficient (Wildman–Crippen LogP) is 7.50. The molecule has 0 aromatic rings. The highest BCUT2D eigenvalue weighted by molar-refractivity contribution is 5.68. The summed E-state index contributed by atoms with van der Waals surface area (Å²) in [6, 6.07) is 0. The molecule has 0 heterocycles. The van der Waals surface area contributed by atoms with Crippen molar-refractivity contribution in [2.45, 2.75) is 111 Å². The Morgan fingerprint density at radius 1 is 1.09 bits per heavy atom. The molecule has 1 N–H and O–H groups in total. The highest BCUT2D eigenvalue weighted by Gasteiger charge is 2.59. The van der Waals surface area contributed by atoms with Gasteiger partial charge in [0.2, 0.25) is 0 Å². The molecule has 0 saturated heterocycles. The van der Waals surface area contributed by atoms with Crippen molar-refractivity contribution in [2.75, 3.05) is 6.61 Å². The van der Waals surface area contributed by atoms with Crippen molar-refractivity contribution in [2.24, 2.45) is 46.3 Å². The highest BCUT2D eigenvalue weighted by atomic mass is 16.5. The number of allylic oxidation sites excluding steroid dienone is 1. The predicted molar refractivity (Wildman–Crippen MR) is 130 cm³/mol. The molecule has 0 bridgehead atoms. The molecule has 3 saturated carbocycles. The zero-order valence-electron chi connectivity index (χ0n) is 21.4. The molecule has 3 fully saturated rings. The van der Waals surface area contributed by atoms with Gasteiger partial charge in [-0.1, -0.05) is 65.5 Å². The van der Waals surface area contributed by atoms with Crippen LogP contribution < -0.4 is 0 Å². The van der Waals surface area contributed by atoms with Crippen LogP contribution in [0.5, 0.6) is 0 Å². The lowest BCUT2D eigenvalue weighted by molar-refractivity contribution is -0.145. The van der Waals surface area contributed by atoms with E-state index in [4.69, 9.17) is 9.84 Å². The van der Waals surface area contributed by atoms with Gasteiger partial charge in [-0.15, -0.1) is 0 Å². The van der Waals surface area contributed by atoms with Crippen LogP contribution in [0.2, 0.25) is 0 Å². The minimum absolute atomic E-state index is 0.0957. The minimum Gasteiger partial charge on any atom is -0.480 e. The number of carboxylic acids is 1. The number of rotatable bonds is 8. The quantitative estimate of drug-likeness (QED) is 0.394. The molecular weight excluding hydrogens is 396 g/mol. The van der Waals surface area contributed by atoms with E-state index >= 15 is 0 Å². The first-order valence-electron chi connectivity index (χ1n) is 13.7. The van der Waals surface area contributed by atoms with Crippen LogP contribution in [0, 0.1) is 46.3 Å². The number of hydrogen-bond acceptors (Lipinski definition) is 2. The molecule has 0 aliphatic heterocycles. The van der Waals surface area contributed by atoms with Gasteiger partial charge < -0.3 is 9.84 Å². The van der Waals surface area contributed by atoms with Crippen molar-refractivity contribution in [3.05, 3.63) is 11.6 Å². The first kappa shape index (κ1) is 24.3. The lowest BCUT2D eigenvalue weighted by Gasteiger charge is -2.58. The maximum Gasteiger partial charge on any atom is 0.329 e. The topological polar surface area (TPSA) is 46.5 Å². The Labute approximate surface area is 196 Å². The van der Waals surface area contributed by atoms with Crippen LogP contribution in [0.1, 0.15) is 105 Å². The third-order valence-electron chi connectivity index (χ3n) is 10.7. The summed E-state index contributed by atoms with van der Waals surface area (Å²) in [7, 11) is 0. The number of fused-ring (bicyclic) bond motifs is 5. The molecule has 0 aromatic heterocycles. The molecule has 3 nitrogen and oxygen atoms in total. The van der Waals surface area contributed by atoms with Gasteiger partial charge in [-0.25, -0.2) is 4.79 Å². The smallest absolute Gasteiger partial charge is 0.329 e. The molecule has 0 amide bonds. The Kier molecular flexibility index (Phi) is 7.16. The summed E-state index contributed by atoms with van der Waals surface area (Å²) in [5, 5.41) is 8.99. The Morgan fingerprint density at radius 3 is 2.59 bits per heavy atom. The standard InChI is InChI=1S/C29H48O3/c1-19(2)7-6-8-20(3)24-11-12-25-23-10-9-21-17-22(32-18-27(30)31)13-15-28(21,4)26(23)14-16-29(24,25)5/h9,19-20,22-26H,6-8,10-18H2,1-5H3,(H,30,31)/t20-,22+,23+,24-,25+,26+,28+,29-/m1/s1. The number of hydrogen-bond donors (Lipinski definition) is 1.